The van der Waals surface area contributed by atoms with Crippen molar-refractivity contribution in [1.29, 1.82) is 5.26 Å². The lowest BCUT2D eigenvalue weighted by atomic mass is 10.1. The van der Waals surface area contributed by atoms with Crippen LogP contribution < -0.4 is 0 Å². The van der Waals surface area contributed by atoms with E-state index in [1.165, 1.54) is 11.8 Å². The quantitative estimate of drug-likeness (QED) is 0.798. The number of hydrogen-bond donors (Lipinski definition) is 0. The maximum absolute atomic E-state index is 9.17. The van der Waals surface area contributed by atoms with Crippen LogP contribution in [0.2, 0.25) is 0 Å². The van der Waals surface area contributed by atoms with Crippen LogP contribution in [0.15, 0.2) is 15.6 Å². The predicted molar refractivity (Wildman–Crippen MR) is 71.7 cm³/mol. The highest BCUT2D eigenvalue weighted by molar-refractivity contribution is 7.98. The lowest BCUT2D eigenvalue weighted by Gasteiger charge is -2.05. The van der Waals surface area contributed by atoms with Crippen LogP contribution in [0.1, 0.15) is 35.5 Å². The second-order valence-corrected chi connectivity index (χ2v) is 5.08. The van der Waals surface area contributed by atoms with Crippen LogP contribution in [0.25, 0.3) is 0 Å². The molecule has 0 aliphatic rings. The van der Waals surface area contributed by atoms with Gasteiger partial charge in [-0.1, -0.05) is 23.8 Å². The van der Waals surface area contributed by atoms with E-state index in [0.29, 0.717) is 23.0 Å². The summed E-state index contributed by atoms with van der Waals surface area (Å²) in [5.41, 5.74) is 2.46. The van der Waals surface area contributed by atoms with Gasteiger partial charge in [0.25, 0.3) is 0 Å². The summed E-state index contributed by atoms with van der Waals surface area (Å²) in [6.45, 7) is 5.81. The number of nitriles is 1. The fraction of sp³-hybridized carbons (Fsp3) is 0.385. The minimum Gasteiger partial charge on any atom is -0.338 e. The van der Waals surface area contributed by atoms with Gasteiger partial charge in [-0.25, -0.2) is 4.98 Å². The van der Waals surface area contributed by atoms with E-state index in [9.17, 15) is 5.26 Å². The van der Waals surface area contributed by atoms with Gasteiger partial charge in [0.2, 0.25) is 5.89 Å². The Hall–Kier alpha value is -1.87. The lowest BCUT2D eigenvalue weighted by molar-refractivity contribution is 0.385. The average Bonchev–Trinajstić information content (AvgIpc) is 2.83. The van der Waals surface area contributed by atoms with E-state index in [-0.39, 0.29) is 0 Å². The molecule has 0 aliphatic carbocycles. The number of thioether (sulfide) groups is 1. The summed E-state index contributed by atoms with van der Waals surface area (Å²) in [5, 5.41) is 13.7. The third-order valence-corrected chi connectivity index (χ3v) is 3.54. The van der Waals surface area contributed by atoms with Gasteiger partial charge in [0.05, 0.1) is 11.3 Å². The third kappa shape index (κ3) is 3.12. The first-order valence-electron chi connectivity index (χ1n) is 5.96. The second kappa shape index (κ2) is 5.85. The van der Waals surface area contributed by atoms with Gasteiger partial charge in [-0.3, -0.25) is 0 Å². The maximum atomic E-state index is 9.17. The van der Waals surface area contributed by atoms with Crippen molar-refractivity contribution in [2.45, 2.75) is 38.0 Å². The van der Waals surface area contributed by atoms with Crippen LogP contribution >= 0.6 is 11.8 Å². The predicted octanol–water partition coefficient (Wildman–Crippen LogP) is 2.81. The highest BCUT2D eigenvalue weighted by Crippen LogP contribution is 2.26. The number of hydrogen-bond acceptors (Lipinski definition) is 6. The highest BCUT2D eigenvalue weighted by atomic mass is 32.2. The van der Waals surface area contributed by atoms with Crippen LogP contribution in [-0.4, -0.2) is 15.1 Å². The number of aromatic nitrogens is 3. The summed E-state index contributed by atoms with van der Waals surface area (Å²) < 4.78 is 5.12. The van der Waals surface area contributed by atoms with E-state index in [0.717, 1.165) is 22.7 Å². The van der Waals surface area contributed by atoms with E-state index in [1.54, 1.807) is 0 Å². The van der Waals surface area contributed by atoms with Crippen LogP contribution in [-0.2, 0) is 12.2 Å². The van der Waals surface area contributed by atoms with Gasteiger partial charge in [0.1, 0.15) is 11.1 Å². The van der Waals surface area contributed by atoms with Gasteiger partial charge in [-0.2, -0.15) is 10.2 Å². The first-order valence-corrected chi connectivity index (χ1v) is 6.95. The number of nitrogens with zero attached hydrogens (tertiary/aromatic N) is 4. The largest absolute Gasteiger partial charge is 0.338 e. The molecule has 0 saturated carbocycles. The molecular weight excluding hydrogens is 260 g/mol. The molecule has 0 radical (unpaired) electrons. The Morgan fingerprint density at radius 2 is 2.16 bits per heavy atom. The molecule has 0 spiro atoms. The molecule has 0 aliphatic heterocycles. The second-order valence-electron chi connectivity index (χ2n) is 4.12. The van der Waals surface area contributed by atoms with Crippen molar-refractivity contribution in [3.8, 4) is 6.07 Å². The first kappa shape index (κ1) is 13.6. The van der Waals surface area contributed by atoms with Crippen LogP contribution in [0.4, 0.5) is 0 Å². The Morgan fingerprint density at radius 1 is 1.37 bits per heavy atom. The Balaban J connectivity index is 2.17. The zero-order valence-corrected chi connectivity index (χ0v) is 11.9. The summed E-state index contributed by atoms with van der Waals surface area (Å²) in [6, 6.07) is 4.10. The van der Waals surface area contributed by atoms with E-state index in [4.69, 9.17) is 4.52 Å². The summed E-state index contributed by atoms with van der Waals surface area (Å²) in [6.07, 6.45) is 0.749. The van der Waals surface area contributed by atoms with Gasteiger partial charge >= 0.3 is 0 Å². The third-order valence-electron chi connectivity index (χ3n) is 2.58. The Morgan fingerprint density at radius 3 is 2.79 bits per heavy atom. The van der Waals surface area contributed by atoms with E-state index >= 15 is 0 Å². The summed E-state index contributed by atoms with van der Waals surface area (Å²) in [7, 11) is 0. The molecule has 0 N–H and O–H groups in total. The molecule has 0 saturated heterocycles. The zero-order valence-electron chi connectivity index (χ0n) is 11.1. The van der Waals surface area contributed by atoms with Gasteiger partial charge < -0.3 is 4.52 Å². The molecule has 2 heterocycles. The molecule has 5 nitrogen and oxygen atoms in total. The van der Waals surface area contributed by atoms with E-state index in [2.05, 4.69) is 21.2 Å². The van der Waals surface area contributed by atoms with E-state index in [1.807, 2.05) is 26.8 Å². The lowest BCUT2D eigenvalue weighted by Crippen LogP contribution is -1.95. The highest BCUT2D eigenvalue weighted by Gasteiger charge is 2.11. The average molecular weight is 274 g/mol. The van der Waals surface area contributed by atoms with Crippen molar-refractivity contribution < 1.29 is 4.52 Å². The SMILES string of the molecule is CCc1noc(CSc2nc(C)cc(C)c2C#N)n1. The fourth-order valence-electron chi connectivity index (χ4n) is 1.67. The van der Waals surface area contributed by atoms with Crippen LogP contribution in [0.3, 0.4) is 0 Å². The molecule has 0 atom stereocenters. The van der Waals surface area contributed by atoms with Crippen molar-refractivity contribution >= 4 is 11.8 Å². The molecule has 19 heavy (non-hydrogen) atoms. The van der Waals surface area contributed by atoms with Gasteiger partial charge in [0, 0.05) is 12.1 Å². The molecule has 2 rings (SSSR count). The summed E-state index contributed by atoms with van der Waals surface area (Å²) in [5.74, 6) is 1.79. The fourth-order valence-corrected chi connectivity index (χ4v) is 2.60. The molecule has 0 amide bonds. The Labute approximate surface area is 116 Å². The summed E-state index contributed by atoms with van der Waals surface area (Å²) >= 11 is 1.45. The molecule has 6 heteroatoms. The van der Waals surface area contributed by atoms with Crippen molar-refractivity contribution in [1.82, 2.24) is 15.1 Å². The zero-order chi connectivity index (χ0) is 13.8. The van der Waals surface area contributed by atoms with Gasteiger partial charge in [-0.15, -0.1) is 0 Å². The van der Waals surface area contributed by atoms with Crippen molar-refractivity contribution in [2.75, 3.05) is 0 Å². The topological polar surface area (TPSA) is 75.6 Å². The molecule has 0 aromatic carbocycles. The van der Waals surface area contributed by atoms with E-state index < -0.39 is 0 Å². The molecule has 0 bridgehead atoms. The maximum Gasteiger partial charge on any atom is 0.237 e. The van der Waals surface area contributed by atoms with Crippen molar-refractivity contribution in [3.63, 3.8) is 0 Å². The molecule has 0 unspecified atom stereocenters. The smallest absolute Gasteiger partial charge is 0.237 e. The van der Waals surface area contributed by atoms with Crippen molar-refractivity contribution in [3.05, 3.63) is 34.6 Å². The molecule has 0 fully saturated rings. The standard InChI is InChI=1S/C13H14N4OS/c1-4-11-16-12(18-17-11)7-19-13-10(6-14)8(2)5-9(3)15-13/h5H,4,7H2,1-3H3. The minimum atomic E-state index is 0.525. The molecular formula is C13H14N4OS. The molecule has 2 aromatic rings. The van der Waals surface area contributed by atoms with Crippen molar-refractivity contribution in [2.24, 2.45) is 0 Å². The molecule has 98 valence electrons. The van der Waals surface area contributed by atoms with Crippen LogP contribution in [0, 0.1) is 25.2 Å². The first-order chi connectivity index (χ1) is 9.13. The number of aryl methyl sites for hydroxylation is 3. The number of pyridine rings is 1. The summed E-state index contributed by atoms with van der Waals surface area (Å²) in [4.78, 5) is 8.63. The Kier molecular flexibility index (Phi) is 4.17. The molecule has 2 aromatic heterocycles. The van der Waals surface area contributed by atoms with Gasteiger partial charge in [-0.05, 0) is 25.5 Å². The van der Waals surface area contributed by atoms with Crippen LogP contribution in [0.5, 0.6) is 0 Å². The Bertz CT molecular complexity index is 630. The van der Waals surface area contributed by atoms with Gasteiger partial charge in [0.15, 0.2) is 5.82 Å². The monoisotopic (exact) mass is 274 g/mol. The normalized spacial score (nSPS) is 10.4. The number of rotatable bonds is 4. The minimum absolute atomic E-state index is 0.525.